The number of halogens is 2. The summed E-state index contributed by atoms with van der Waals surface area (Å²) in [6.45, 7) is -0.406. The number of aromatic nitrogens is 2. The summed E-state index contributed by atoms with van der Waals surface area (Å²) in [4.78, 5) is 25.4. The van der Waals surface area contributed by atoms with Gasteiger partial charge in [0.15, 0.2) is 11.6 Å². The molecule has 0 spiro atoms. The maximum Gasteiger partial charge on any atom is 0.275 e. The first-order valence-electron chi connectivity index (χ1n) is 9.21. The van der Waals surface area contributed by atoms with E-state index in [1.807, 2.05) is 6.07 Å². The molecule has 1 aromatic heterocycles. The average molecular weight is 416 g/mol. The molecule has 0 aliphatic heterocycles. The standard InChI is InChI=1S/C23H14F2N4O2/c24-19-9-8-15(11-20(19)25)22-17-6-1-2-7-18(17)23(31)29(28-22)13-21(30)27-16-5-3-4-14(10-16)12-26/h1-11H,13H2,(H,27,30). The summed E-state index contributed by atoms with van der Waals surface area (Å²) in [5.74, 6) is -2.58. The number of carbonyl (C=O) groups is 1. The number of carbonyl (C=O) groups excluding carboxylic acids is 1. The van der Waals surface area contributed by atoms with E-state index < -0.39 is 29.6 Å². The number of benzene rings is 3. The Hall–Kier alpha value is -4.38. The molecule has 0 radical (unpaired) electrons. The van der Waals surface area contributed by atoms with E-state index in [1.54, 1.807) is 42.5 Å². The first kappa shape index (κ1) is 19.9. The van der Waals surface area contributed by atoms with E-state index in [9.17, 15) is 18.4 Å². The molecule has 0 fully saturated rings. The molecule has 0 unspecified atom stereocenters. The van der Waals surface area contributed by atoms with E-state index in [2.05, 4.69) is 10.4 Å². The van der Waals surface area contributed by atoms with Gasteiger partial charge < -0.3 is 5.32 Å². The maximum absolute atomic E-state index is 13.8. The predicted octanol–water partition coefficient (Wildman–Crippen LogP) is 3.85. The third-order valence-corrected chi connectivity index (χ3v) is 4.63. The number of hydrogen-bond donors (Lipinski definition) is 1. The van der Waals surface area contributed by atoms with Crippen molar-refractivity contribution in [2.24, 2.45) is 0 Å². The van der Waals surface area contributed by atoms with Gasteiger partial charge in [0.25, 0.3) is 5.56 Å². The average Bonchev–Trinajstić information content (AvgIpc) is 2.78. The highest BCUT2D eigenvalue weighted by molar-refractivity contribution is 5.94. The van der Waals surface area contributed by atoms with Crippen LogP contribution >= 0.6 is 0 Å². The van der Waals surface area contributed by atoms with Crippen molar-refractivity contribution in [1.29, 1.82) is 5.26 Å². The molecule has 8 heteroatoms. The van der Waals surface area contributed by atoms with Crippen LogP contribution in [0, 0.1) is 23.0 Å². The van der Waals surface area contributed by atoms with E-state index in [1.165, 1.54) is 12.1 Å². The molecule has 31 heavy (non-hydrogen) atoms. The molecule has 0 saturated heterocycles. The van der Waals surface area contributed by atoms with Gasteiger partial charge in [0.1, 0.15) is 6.54 Å². The zero-order chi connectivity index (χ0) is 22.0. The largest absolute Gasteiger partial charge is 0.324 e. The van der Waals surface area contributed by atoms with Gasteiger partial charge in [-0.3, -0.25) is 9.59 Å². The van der Waals surface area contributed by atoms with E-state index in [-0.39, 0.29) is 16.6 Å². The summed E-state index contributed by atoms with van der Waals surface area (Å²) >= 11 is 0. The number of nitrogens with zero attached hydrogens (tertiary/aromatic N) is 3. The molecule has 152 valence electrons. The first-order chi connectivity index (χ1) is 15.0. The normalized spacial score (nSPS) is 10.6. The van der Waals surface area contributed by atoms with Crippen LogP contribution in [0.3, 0.4) is 0 Å². The second-order valence-corrected chi connectivity index (χ2v) is 6.73. The number of hydrogen-bond acceptors (Lipinski definition) is 4. The van der Waals surface area contributed by atoms with Crippen LogP contribution in [0.15, 0.2) is 71.5 Å². The molecule has 1 N–H and O–H groups in total. The summed E-state index contributed by atoms with van der Waals surface area (Å²) in [6, 6.07) is 18.2. The fourth-order valence-corrected chi connectivity index (χ4v) is 3.20. The summed E-state index contributed by atoms with van der Waals surface area (Å²) in [5, 5.41) is 16.6. The minimum Gasteiger partial charge on any atom is -0.324 e. The summed E-state index contributed by atoms with van der Waals surface area (Å²) in [7, 11) is 0. The topological polar surface area (TPSA) is 87.8 Å². The van der Waals surface area contributed by atoms with Crippen molar-refractivity contribution in [2.75, 3.05) is 5.32 Å². The minimum absolute atomic E-state index is 0.244. The van der Waals surface area contributed by atoms with Gasteiger partial charge in [-0.1, -0.05) is 24.3 Å². The Morgan fingerprint density at radius 1 is 1.00 bits per heavy atom. The molecule has 0 atom stereocenters. The fourth-order valence-electron chi connectivity index (χ4n) is 3.20. The molecular formula is C23H14F2N4O2. The molecule has 0 bridgehead atoms. The van der Waals surface area contributed by atoms with Crippen LogP contribution in [0.4, 0.5) is 14.5 Å². The summed E-state index contributed by atoms with van der Waals surface area (Å²) < 4.78 is 28.2. The number of nitrogens with one attached hydrogen (secondary N) is 1. The Kier molecular flexibility index (Phi) is 5.24. The molecule has 1 amide bonds. The van der Waals surface area contributed by atoms with Crippen LogP contribution < -0.4 is 10.9 Å². The van der Waals surface area contributed by atoms with Crippen molar-refractivity contribution in [1.82, 2.24) is 9.78 Å². The lowest BCUT2D eigenvalue weighted by Gasteiger charge is -2.12. The highest BCUT2D eigenvalue weighted by atomic mass is 19.2. The predicted molar refractivity (Wildman–Crippen MR) is 111 cm³/mol. The zero-order valence-corrected chi connectivity index (χ0v) is 16.0. The van der Waals surface area contributed by atoms with Crippen molar-refractivity contribution < 1.29 is 13.6 Å². The number of anilines is 1. The van der Waals surface area contributed by atoms with Gasteiger partial charge in [0.05, 0.1) is 22.7 Å². The summed E-state index contributed by atoms with van der Waals surface area (Å²) in [6.07, 6.45) is 0. The van der Waals surface area contributed by atoms with Crippen LogP contribution in [0.1, 0.15) is 5.56 Å². The number of amides is 1. The smallest absolute Gasteiger partial charge is 0.275 e. The SMILES string of the molecule is N#Cc1cccc(NC(=O)Cn2nc(-c3ccc(F)c(F)c3)c3ccccc3c2=O)c1. The van der Waals surface area contributed by atoms with E-state index in [0.29, 0.717) is 16.6 Å². The van der Waals surface area contributed by atoms with Gasteiger partial charge in [-0.25, -0.2) is 13.5 Å². The van der Waals surface area contributed by atoms with Gasteiger partial charge in [0.2, 0.25) is 5.91 Å². The quantitative estimate of drug-likeness (QED) is 0.547. The van der Waals surface area contributed by atoms with Crippen molar-refractivity contribution >= 4 is 22.4 Å². The summed E-state index contributed by atoms with van der Waals surface area (Å²) in [5.41, 5.74) is 0.792. The van der Waals surface area contributed by atoms with Gasteiger partial charge in [-0.05, 0) is 42.5 Å². The van der Waals surface area contributed by atoms with E-state index >= 15 is 0 Å². The van der Waals surface area contributed by atoms with E-state index in [4.69, 9.17) is 5.26 Å². The molecule has 6 nitrogen and oxygen atoms in total. The molecule has 3 aromatic carbocycles. The van der Waals surface area contributed by atoms with Crippen LogP contribution in [-0.4, -0.2) is 15.7 Å². The monoisotopic (exact) mass is 416 g/mol. The zero-order valence-electron chi connectivity index (χ0n) is 16.0. The number of nitriles is 1. The lowest BCUT2D eigenvalue weighted by molar-refractivity contribution is -0.117. The lowest BCUT2D eigenvalue weighted by atomic mass is 10.0. The number of rotatable bonds is 4. The second kappa shape index (κ2) is 8.16. The highest BCUT2D eigenvalue weighted by Gasteiger charge is 2.16. The Bertz CT molecular complexity index is 1420. The van der Waals surface area contributed by atoms with Crippen LogP contribution in [-0.2, 0) is 11.3 Å². The molecule has 0 aliphatic carbocycles. The van der Waals surface area contributed by atoms with Crippen molar-refractivity contribution in [3.05, 3.63) is 94.3 Å². The third-order valence-electron chi connectivity index (χ3n) is 4.63. The Morgan fingerprint density at radius 2 is 1.77 bits per heavy atom. The highest BCUT2D eigenvalue weighted by Crippen LogP contribution is 2.26. The third kappa shape index (κ3) is 4.02. The Morgan fingerprint density at radius 3 is 2.52 bits per heavy atom. The van der Waals surface area contributed by atoms with Crippen LogP contribution in [0.2, 0.25) is 0 Å². The molecular weight excluding hydrogens is 402 g/mol. The second-order valence-electron chi connectivity index (χ2n) is 6.73. The van der Waals surface area contributed by atoms with Gasteiger partial charge in [-0.2, -0.15) is 10.4 Å². The molecule has 1 heterocycles. The van der Waals surface area contributed by atoms with Crippen LogP contribution in [0.5, 0.6) is 0 Å². The molecule has 4 rings (SSSR count). The molecule has 4 aromatic rings. The Balaban J connectivity index is 1.75. The Labute approximate surface area is 175 Å². The number of fused-ring (bicyclic) bond motifs is 1. The fraction of sp³-hybridized carbons (Fsp3) is 0.0435. The van der Waals surface area contributed by atoms with Gasteiger partial charge >= 0.3 is 0 Å². The van der Waals surface area contributed by atoms with Gasteiger partial charge in [-0.15, -0.1) is 0 Å². The van der Waals surface area contributed by atoms with Crippen molar-refractivity contribution in [2.45, 2.75) is 6.54 Å². The minimum atomic E-state index is -1.05. The molecule has 0 aliphatic rings. The van der Waals surface area contributed by atoms with Crippen molar-refractivity contribution in [3.63, 3.8) is 0 Å². The van der Waals surface area contributed by atoms with E-state index in [0.717, 1.165) is 16.8 Å². The molecule has 0 saturated carbocycles. The lowest BCUT2D eigenvalue weighted by Crippen LogP contribution is -2.30. The first-order valence-corrected chi connectivity index (χ1v) is 9.21. The van der Waals surface area contributed by atoms with Crippen LogP contribution in [0.25, 0.3) is 22.0 Å². The van der Waals surface area contributed by atoms with Crippen molar-refractivity contribution in [3.8, 4) is 17.3 Å². The van der Waals surface area contributed by atoms with Gasteiger partial charge in [0, 0.05) is 16.6 Å². The maximum atomic E-state index is 13.8.